The molecule has 0 aliphatic carbocycles. The number of nitrogens with one attached hydrogen (secondary N) is 1. The van der Waals surface area contributed by atoms with Crippen LogP contribution < -0.4 is 5.32 Å². The summed E-state index contributed by atoms with van der Waals surface area (Å²) >= 11 is 7.32. The van der Waals surface area contributed by atoms with E-state index in [0.29, 0.717) is 11.2 Å². The van der Waals surface area contributed by atoms with Crippen molar-refractivity contribution in [1.82, 2.24) is 20.2 Å². The number of carbonyl (C=O) groups is 1. The van der Waals surface area contributed by atoms with Crippen LogP contribution in [-0.2, 0) is 12.7 Å². The lowest BCUT2D eigenvalue weighted by atomic mass is 10.1. The number of carbonyl (C=O) groups excluding carboxylic acids is 1. The number of alkyl halides is 3. The van der Waals surface area contributed by atoms with Crippen molar-refractivity contribution in [3.63, 3.8) is 0 Å². The number of halogens is 4. The van der Waals surface area contributed by atoms with Crippen LogP contribution in [0.3, 0.4) is 0 Å². The van der Waals surface area contributed by atoms with Gasteiger partial charge in [-0.2, -0.15) is 23.7 Å². The molecule has 2 aromatic heterocycles. The van der Waals surface area contributed by atoms with Gasteiger partial charge in [-0.25, -0.2) is 4.98 Å². The fraction of sp³-hybridized carbons (Fsp3) is 0.263. The first-order valence-electron chi connectivity index (χ1n) is 8.87. The first kappa shape index (κ1) is 24.9. The Labute approximate surface area is 190 Å². The lowest BCUT2D eigenvalue weighted by Crippen LogP contribution is -2.26. The molecule has 0 bridgehead atoms. The van der Waals surface area contributed by atoms with Gasteiger partial charge in [-0.1, -0.05) is 29.4 Å². The molecule has 0 radical (unpaired) electrons. The number of amidine groups is 1. The van der Waals surface area contributed by atoms with E-state index in [9.17, 15) is 18.0 Å². The van der Waals surface area contributed by atoms with Gasteiger partial charge < -0.3 is 10.2 Å². The predicted octanol–water partition coefficient (Wildman–Crippen LogP) is 3.47. The Morgan fingerprint density at radius 3 is 2.72 bits per heavy atom. The molecule has 1 amide bonds. The van der Waals surface area contributed by atoms with Gasteiger partial charge in [0.25, 0.3) is 5.91 Å². The van der Waals surface area contributed by atoms with Crippen LogP contribution in [0.15, 0.2) is 41.8 Å². The molecule has 0 spiro atoms. The second-order valence-corrected chi connectivity index (χ2v) is 7.46. The zero-order chi connectivity index (χ0) is 23.6. The van der Waals surface area contributed by atoms with Crippen molar-refractivity contribution in [3.8, 4) is 12.3 Å². The Morgan fingerprint density at radius 2 is 2.09 bits per heavy atom. The summed E-state index contributed by atoms with van der Waals surface area (Å²) in [4.78, 5) is 24.6. The molecule has 1 aliphatic rings. The van der Waals surface area contributed by atoms with E-state index >= 15 is 0 Å². The number of nitrogens with zero attached hydrogens (tertiary/aromatic N) is 6. The molecule has 0 atom stereocenters. The number of rotatable bonds is 4. The monoisotopic (exact) mass is 481 g/mol. The lowest BCUT2D eigenvalue weighted by molar-refractivity contribution is -0.138. The number of hydrogen-bond acceptors (Lipinski definition) is 7. The summed E-state index contributed by atoms with van der Waals surface area (Å²) in [6.45, 7) is 1.27. The number of pyridine rings is 2. The first-order valence-corrected chi connectivity index (χ1v) is 10.2. The van der Waals surface area contributed by atoms with E-state index in [-0.39, 0.29) is 6.54 Å². The van der Waals surface area contributed by atoms with Crippen LogP contribution in [0.4, 0.5) is 13.2 Å². The van der Waals surface area contributed by atoms with E-state index in [1.54, 1.807) is 30.1 Å². The van der Waals surface area contributed by atoms with Crippen molar-refractivity contribution in [1.29, 1.82) is 10.5 Å². The molecule has 0 unspecified atom stereocenters. The minimum absolute atomic E-state index is 0.356. The largest absolute Gasteiger partial charge is 0.417 e. The molecule has 3 rings (SSSR count). The quantitative estimate of drug-likeness (QED) is 0.403. The highest BCUT2D eigenvalue weighted by molar-refractivity contribution is 8.14. The number of aromatic nitrogens is 2. The molecule has 1 aliphatic heterocycles. The minimum Gasteiger partial charge on any atom is -0.345 e. The molecule has 0 aromatic carbocycles. The molecular formula is C19H15ClF3N7OS. The van der Waals surface area contributed by atoms with Crippen molar-refractivity contribution in [3.05, 3.63) is 58.6 Å². The van der Waals surface area contributed by atoms with Crippen LogP contribution in [0, 0.1) is 22.8 Å². The third-order valence-electron chi connectivity index (χ3n) is 3.87. The Balaban J connectivity index is 0.000000227. The van der Waals surface area contributed by atoms with Crippen molar-refractivity contribution in [2.75, 3.05) is 18.8 Å². The summed E-state index contributed by atoms with van der Waals surface area (Å²) in [5.41, 5.74) is -0.597. The first-order chi connectivity index (χ1) is 15.3. The zero-order valence-corrected chi connectivity index (χ0v) is 17.9. The molecule has 13 heteroatoms. The van der Waals surface area contributed by atoms with Gasteiger partial charge in [-0.15, -0.1) is 4.99 Å². The van der Waals surface area contributed by atoms with Crippen LogP contribution in [0.2, 0.25) is 5.15 Å². The van der Waals surface area contributed by atoms with Gasteiger partial charge >= 0.3 is 6.18 Å². The number of hydrogen-bond donors (Lipinski definition) is 1. The Bertz CT molecular complexity index is 1050. The summed E-state index contributed by atoms with van der Waals surface area (Å²) in [6, 6.07) is 6.00. The van der Waals surface area contributed by atoms with E-state index < -0.39 is 23.2 Å². The normalized spacial score (nSPS) is 14.2. The van der Waals surface area contributed by atoms with Crippen LogP contribution in [0.1, 0.15) is 21.5 Å². The maximum Gasteiger partial charge on any atom is 0.417 e. The molecular weight excluding hydrogens is 467 g/mol. The SMILES string of the molecule is N#CCNC(=O)c1cnccc1C(F)(F)F.N#CN=C1SCCN1Cc1ccc(Cl)nc1. The average Bonchev–Trinajstić information content (AvgIpc) is 3.20. The van der Waals surface area contributed by atoms with Gasteiger partial charge in [0.1, 0.15) is 11.7 Å². The number of nitriles is 2. The third-order valence-corrected chi connectivity index (χ3v) is 5.09. The molecule has 0 saturated carbocycles. The van der Waals surface area contributed by atoms with Crippen molar-refractivity contribution >= 4 is 34.4 Å². The van der Waals surface area contributed by atoms with E-state index in [1.807, 2.05) is 17.6 Å². The summed E-state index contributed by atoms with van der Waals surface area (Å²) in [5, 5.41) is 20.0. The Hall–Kier alpha value is -3.35. The fourth-order valence-corrected chi connectivity index (χ4v) is 3.53. The van der Waals surface area contributed by atoms with Crippen LogP contribution in [-0.4, -0.2) is 44.8 Å². The summed E-state index contributed by atoms with van der Waals surface area (Å²) < 4.78 is 37.4. The lowest BCUT2D eigenvalue weighted by Gasteiger charge is -2.16. The van der Waals surface area contributed by atoms with Crippen molar-refractivity contribution in [2.24, 2.45) is 4.99 Å². The summed E-state index contributed by atoms with van der Waals surface area (Å²) in [6.07, 6.45) is 0.709. The van der Waals surface area contributed by atoms with E-state index in [1.165, 1.54) is 0 Å². The number of aliphatic imine (C=N–C) groups is 1. The summed E-state index contributed by atoms with van der Waals surface area (Å²) in [7, 11) is 0. The smallest absolute Gasteiger partial charge is 0.345 e. The van der Waals surface area contributed by atoms with Crippen LogP contribution >= 0.6 is 23.4 Å². The Morgan fingerprint density at radius 1 is 1.31 bits per heavy atom. The van der Waals surface area contributed by atoms with Gasteiger partial charge in [0.05, 0.1) is 17.2 Å². The van der Waals surface area contributed by atoms with Gasteiger partial charge in [-0.3, -0.25) is 9.78 Å². The highest BCUT2D eigenvalue weighted by Gasteiger charge is 2.35. The van der Waals surface area contributed by atoms with E-state index in [0.717, 1.165) is 42.0 Å². The highest BCUT2D eigenvalue weighted by atomic mass is 35.5. The van der Waals surface area contributed by atoms with Gasteiger partial charge in [0.15, 0.2) is 5.17 Å². The second-order valence-electron chi connectivity index (χ2n) is 6.01. The third kappa shape index (κ3) is 7.41. The summed E-state index contributed by atoms with van der Waals surface area (Å²) in [5.74, 6) is 0.00335. The van der Waals surface area contributed by atoms with E-state index in [2.05, 4.69) is 19.9 Å². The maximum atomic E-state index is 12.5. The number of amides is 1. The molecule has 1 fully saturated rings. The van der Waals surface area contributed by atoms with Crippen LogP contribution in [0.25, 0.3) is 0 Å². The van der Waals surface area contributed by atoms with E-state index in [4.69, 9.17) is 22.1 Å². The average molecular weight is 482 g/mol. The maximum absolute atomic E-state index is 12.5. The second kappa shape index (κ2) is 11.9. The minimum atomic E-state index is -4.62. The standard InChI is InChI=1S/C10H9ClN4S.C9H6F3N3O/c11-9-2-1-8(5-13-9)6-15-3-4-16-10(15)14-7-12;10-9(11,12)7-1-3-14-5-6(7)8(16)15-4-2-13/h1-2,5H,3-4,6H2;1,3,5H,4H2,(H,15,16). The number of thioether (sulfide) groups is 1. The van der Waals surface area contributed by atoms with Crippen molar-refractivity contribution in [2.45, 2.75) is 12.7 Å². The molecule has 2 aromatic rings. The zero-order valence-electron chi connectivity index (χ0n) is 16.3. The molecule has 1 saturated heterocycles. The molecule has 1 N–H and O–H groups in total. The molecule has 166 valence electrons. The molecule has 3 heterocycles. The van der Waals surface area contributed by atoms with Gasteiger partial charge in [0, 0.05) is 37.4 Å². The van der Waals surface area contributed by atoms with Gasteiger partial charge in [-0.05, 0) is 17.7 Å². The van der Waals surface area contributed by atoms with Crippen molar-refractivity contribution < 1.29 is 18.0 Å². The highest BCUT2D eigenvalue weighted by Crippen LogP contribution is 2.31. The molecule has 8 nitrogen and oxygen atoms in total. The predicted molar refractivity (Wildman–Crippen MR) is 112 cm³/mol. The van der Waals surface area contributed by atoms with Crippen LogP contribution in [0.5, 0.6) is 0 Å². The molecule has 32 heavy (non-hydrogen) atoms. The topological polar surface area (TPSA) is 118 Å². The Kier molecular flexibility index (Phi) is 9.25. The van der Waals surface area contributed by atoms with Gasteiger partial charge in [0.2, 0.25) is 6.19 Å². The fourth-order valence-electron chi connectivity index (χ4n) is 2.48.